The predicted octanol–water partition coefficient (Wildman–Crippen LogP) is 3.12. The summed E-state index contributed by atoms with van der Waals surface area (Å²) in [6.45, 7) is 3.43. The molecule has 1 aromatic carbocycles. The lowest BCUT2D eigenvalue weighted by atomic mass is 9.90. The van der Waals surface area contributed by atoms with Gasteiger partial charge in [0, 0.05) is 29.7 Å². The van der Waals surface area contributed by atoms with E-state index in [9.17, 15) is 4.79 Å². The first-order valence-electron chi connectivity index (χ1n) is 8.28. The third-order valence-corrected chi connectivity index (χ3v) is 4.90. The second-order valence-electron chi connectivity index (χ2n) is 6.34. The van der Waals surface area contributed by atoms with Crippen LogP contribution in [0, 0.1) is 5.92 Å². The number of benzene rings is 1. The lowest BCUT2D eigenvalue weighted by Gasteiger charge is -2.39. The summed E-state index contributed by atoms with van der Waals surface area (Å²) in [6, 6.07) is 7.38. The number of nitrogens with zero attached hydrogens (tertiary/aromatic N) is 2. The van der Waals surface area contributed by atoms with Gasteiger partial charge in [0.1, 0.15) is 6.26 Å². The maximum atomic E-state index is 12.6. The third-order valence-electron chi connectivity index (χ3n) is 4.65. The van der Waals surface area contributed by atoms with Crippen molar-refractivity contribution in [3.63, 3.8) is 0 Å². The largest absolute Gasteiger partial charge is 0.444 e. The first kappa shape index (κ1) is 17.0. The number of rotatable bonds is 4. The van der Waals surface area contributed by atoms with Crippen LogP contribution in [-0.2, 0) is 11.2 Å². The van der Waals surface area contributed by atoms with E-state index in [0.717, 1.165) is 24.9 Å². The standard InChI is InChI=1S/C18H22ClN3O2/c1-12-3-2-8-22(16(12)10-20)17(23)9-15-11-24-18(21-15)13-4-6-14(19)7-5-13/h4-7,11-12,16H,2-3,8-10,20H2,1H3/t12-,16+/m0/s1. The number of piperidine rings is 1. The number of amides is 1. The van der Waals surface area contributed by atoms with Gasteiger partial charge in [-0.05, 0) is 43.0 Å². The molecular weight excluding hydrogens is 326 g/mol. The highest BCUT2D eigenvalue weighted by atomic mass is 35.5. The van der Waals surface area contributed by atoms with Gasteiger partial charge in [-0.25, -0.2) is 4.98 Å². The average Bonchev–Trinajstić information content (AvgIpc) is 3.03. The molecule has 0 spiro atoms. The van der Waals surface area contributed by atoms with Crippen LogP contribution in [0.1, 0.15) is 25.5 Å². The van der Waals surface area contributed by atoms with Crippen LogP contribution >= 0.6 is 11.6 Å². The number of nitrogens with two attached hydrogens (primary N) is 1. The van der Waals surface area contributed by atoms with Crippen LogP contribution in [0.2, 0.25) is 5.02 Å². The van der Waals surface area contributed by atoms with Gasteiger partial charge >= 0.3 is 0 Å². The zero-order valence-corrected chi connectivity index (χ0v) is 14.5. The Morgan fingerprint density at radius 3 is 2.88 bits per heavy atom. The van der Waals surface area contributed by atoms with Gasteiger partial charge in [0.05, 0.1) is 12.1 Å². The molecule has 1 aliphatic heterocycles. The maximum absolute atomic E-state index is 12.6. The molecule has 0 aliphatic carbocycles. The van der Waals surface area contributed by atoms with Gasteiger partial charge in [-0.1, -0.05) is 18.5 Å². The van der Waals surface area contributed by atoms with Crippen molar-refractivity contribution in [1.29, 1.82) is 0 Å². The Bertz CT molecular complexity index is 699. The number of likely N-dealkylation sites (tertiary alicyclic amines) is 1. The zero-order chi connectivity index (χ0) is 17.1. The summed E-state index contributed by atoms with van der Waals surface area (Å²) in [5, 5.41) is 0.660. The smallest absolute Gasteiger partial charge is 0.229 e. The fraction of sp³-hybridized carbons (Fsp3) is 0.444. The first-order valence-corrected chi connectivity index (χ1v) is 8.66. The Labute approximate surface area is 146 Å². The van der Waals surface area contributed by atoms with E-state index in [0.29, 0.717) is 29.1 Å². The molecular formula is C18H22ClN3O2. The predicted molar refractivity (Wildman–Crippen MR) is 93.6 cm³/mol. The van der Waals surface area contributed by atoms with Gasteiger partial charge in [-0.2, -0.15) is 0 Å². The van der Waals surface area contributed by atoms with E-state index in [1.165, 1.54) is 0 Å². The molecule has 0 saturated carbocycles. The summed E-state index contributed by atoms with van der Waals surface area (Å²) >= 11 is 5.89. The molecule has 1 aromatic heterocycles. The molecule has 0 radical (unpaired) electrons. The van der Waals surface area contributed by atoms with Crippen LogP contribution < -0.4 is 5.73 Å². The molecule has 2 aromatic rings. The van der Waals surface area contributed by atoms with Gasteiger partial charge in [0.15, 0.2) is 0 Å². The van der Waals surface area contributed by atoms with E-state index < -0.39 is 0 Å². The van der Waals surface area contributed by atoms with Crippen molar-refractivity contribution in [3.8, 4) is 11.5 Å². The van der Waals surface area contributed by atoms with Crippen LogP contribution in [0.5, 0.6) is 0 Å². The van der Waals surface area contributed by atoms with Crippen molar-refractivity contribution in [2.24, 2.45) is 11.7 Å². The van der Waals surface area contributed by atoms with Crippen LogP contribution in [-0.4, -0.2) is 34.9 Å². The highest BCUT2D eigenvalue weighted by Crippen LogP contribution is 2.24. The Morgan fingerprint density at radius 1 is 1.42 bits per heavy atom. The zero-order valence-electron chi connectivity index (χ0n) is 13.7. The normalized spacial score (nSPS) is 21.0. The molecule has 1 aliphatic rings. The number of hydrogen-bond donors (Lipinski definition) is 1. The van der Waals surface area contributed by atoms with Crippen LogP contribution in [0.3, 0.4) is 0 Å². The van der Waals surface area contributed by atoms with Crippen LogP contribution in [0.15, 0.2) is 34.9 Å². The van der Waals surface area contributed by atoms with E-state index in [1.54, 1.807) is 18.4 Å². The fourth-order valence-corrected chi connectivity index (χ4v) is 3.41. The molecule has 1 saturated heterocycles. The molecule has 0 unspecified atom stereocenters. The Morgan fingerprint density at radius 2 is 2.17 bits per heavy atom. The number of carbonyl (C=O) groups is 1. The molecule has 2 heterocycles. The molecule has 2 atom stereocenters. The highest BCUT2D eigenvalue weighted by molar-refractivity contribution is 6.30. The lowest BCUT2D eigenvalue weighted by molar-refractivity contribution is -0.135. The number of oxazole rings is 1. The summed E-state index contributed by atoms with van der Waals surface area (Å²) in [5.41, 5.74) is 7.34. The molecule has 128 valence electrons. The molecule has 1 amide bonds. The van der Waals surface area contributed by atoms with E-state index in [1.807, 2.05) is 17.0 Å². The number of aromatic nitrogens is 1. The van der Waals surface area contributed by atoms with E-state index in [4.69, 9.17) is 21.8 Å². The molecule has 0 bridgehead atoms. The third kappa shape index (κ3) is 3.62. The van der Waals surface area contributed by atoms with Crippen molar-refractivity contribution in [2.75, 3.05) is 13.1 Å². The van der Waals surface area contributed by atoms with Gasteiger partial charge in [0.2, 0.25) is 11.8 Å². The summed E-state index contributed by atoms with van der Waals surface area (Å²) < 4.78 is 5.50. The van der Waals surface area contributed by atoms with E-state index >= 15 is 0 Å². The molecule has 24 heavy (non-hydrogen) atoms. The molecule has 5 nitrogen and oxygen atoms in total. The second-order valence-corrected chi connectivity index (χ2v) is 6.77. The quantitative estimate of drug-likeness (QED) is 0.922. The molecule has 2 N–H and O–H groups in total. The SMILES string of the molecule is C[C@H]1CCCN(C(=O)Cc2coc(-c3ccc(Cl)cc3)n2)[C@@H]1CN. The molecule has 3 rings (SSSR count). The minimum absolute atomic E-state index is 0.0629. The second kappa shape index (κ2) is 7.36. The molecule has 1 fully saturated rings. The summed E-state index contributed by atoms with van der Waals surface area (Å²) in [7, 11) is 0. The van der Waals surface area contributed by atoms with Crippen molar-refractivity contribution in [2.45, 2.75) is 32.2 Å². The van der Waals surface area contributed by atoms with E-state index in [-0.39, 0.29) is 18.4 Å². The summed E-state index contributed by atoms with van der Waals surface area (Å²) in [6.07, 6.45) is 3.93. The van der Waals surface area contributed by atoms with Gasteiger partial charge < -0.3 is 15.1 Å². The summed E-state index contributed by atoms with van der Waals surface area (Å²) in [5.74, 6) is 0.999. The monoisotopic (exact) mass is 347 g/mol. The summed E-state index contributed by atoms with van der Waals surface area (Å²) in [4.78, 5) is 19.0. The van der Waals surface area contributed by atoms with Crippen LogP contribution in [0.25, 0.3) is 11.5 Å². The van der Waals surface area contributed by atoms with Crippen molar-refractivity contribution in [1.82, 2.24) is 9.88 Å². The topological polar surface area (TPSA) is 72.4 Å². The van der Waals surface area contributed by atoms with Crippen molar-refractivity contribution in [3.05, 3.63) is 41.2 Å². The Kier molecular flexibility index (Phi) is 5.21. The average molecular weight is 348 g/mol. The lowest BCUT2D eigenvalue weighted by Crippen LogP contribution is -2.51. The number of carbonyl (C=O) groups excluding carboxylic acids is 1. The fourth-order valence-electron chi connectivity index (χ4n) is 3.29. The van der Waals surface area contributed by atoms with Crippen LogP contribution in [0.4, 0.5) is 0 Å². The van der Waals surface area contributed by atoms with Gasteiger partial charge in [-0.15, -0.1) is 0 Å². The minimum atomic E-state index is 0.0629. The minimum Gasteiger partial charge on any atom is -0.444 e. The maximum Gasteiger partial charge on any atom is 0.229 e. The highest BCUT2D eigenvalue weighted by Gasteiger charge is 2.31. The van der Waals surface area contributed by atoms with Crippen molar-refractivity contribution < 1.29 is 9.21 Å². The van der Waals surface area contributed by atoms with E-state index in [2.05, 4.69) is 11.9 Å². The molecule has 6 heteroatoms. The first-order chi connectivity index (χ1) is 11.6. The van der Waals surface area contributed by atoms with Gasteiger partial charge in [0.25, 0.3) is 0 Å². The Balaban J connectivity index is 1.70. The van der Waals surface area contributed by atoms with Gasteiger partial charge in [-0.3, -0.25) is 4.79 Å². The number of halogens is 1. The number of hydrogen-bond acceptors (Lipinski definition) is 4. The van der Waals surface area contributed by atoms with Crippen molar-refractivity contribution >= 4 is 17.5 Å². The Hall–Kier alpha value is -1.85.